The molecule has 2 unspecified atom stereocenters. The molecule has 0 bridgehead atoms. The van der Waals surface area contributed by atoms with E-state index in [1.165, 1.54) is 0 Å². The zero-order valence-corrected chi connectivity index (χ0v) is 14.9. The van der Waals surface area contributed by atoms with Gasteiger partial charge in [-0.15, -0.1) is 0 Å². The Morgan fingerprint density at radius 3 is 2.00 bits per heavy atom. The van der Waals surface area contributed by atoms with Gasteiger partial charge in [0.05, 0.1) is 6.10 Å². The summed E-state index contributed by atoms with van der Waals surface area (Å²) in [6, 6.07) is 0. The zero-order valence-electron chi connectivity index (χ0n) is 11.0. The molecule has 0 saturated heterocycles. The standard InChI is InChI=1S/C9H14O2.C4H8.2ClH.Zr/c1-5-7(3)8(4)11-9(10)6-2;1-3-4-2;;;/h6-8H,1-3,5H2,4H3;1-4H2;2*1H;/q2*-2;;;+2/p-2. The maximum atomic E-state index is 10.7. The van der Waals surface area contributed by atoms with Gasteiger partial charge in [0.25, 0.3) is 0 Å². The van der Waals surface area contributed by atoms with Crippen LogP contribution in [0, 0.1) is 33.6 Å². The van der Waals surface area contributed by atoms with Gasteiger partial charge in [0.15, 0.2) is 0 Å². The molecular formula is C13H22Cl2O2Zr-4. The maximum absolute atomic E-state index is 10.7. The number of unbranched alkanes of at least 4 members (excludes halogenated alkanes) is 1. The van der Waals surface area contributed by atoms with Crippen LogP contribution in [-0.2, 0) is 30.4 Å². The minimum absolute atomic E-state index is 0.0545. The first-order valence-electron chi connectivity index (χ1n) is 5.45. The predicted molar refractivity (Wildman–Crippen MR) is 76.2 cm³/mol. The van der Waals surface area contributed by atoms with Gasteiger partial charge in [-0.05, 0) is 6.92 Å². The third-order valence-electron chi connectivity index (χ3n) is 1.75. The molecule has 0 aliphatic heterocycles. The molecule has 0 amide bonds. The van der Waals surface area contributed by atoms with E-state index in [9.17, 15) is 4.79 Å². The second-order valence-corrected chi connectivity index (χ2v) is 6.91. The Hall–Kier alpha value is 0.673. The van der Waals surface area contributed by atoms with Gasteiger partial charge >= 0.3 is 43.8 Å². The molecule has 0 heterocycles. The van der Waals surface area contributed by atoms with Gasteiger partial charge < -0.3 is 32.4 Å². The molecular weight excluding hydrogens is 350 g/mol. The second kappa shape index (κ2) is 20.0. The molecule has 0 spiro atoms. The van der Waals surface area contributed by atoms with Crippen molar-refractivity contribution in [2.75, 3.05) is 0 Å². The second-order valence-electron chi connectivity index (χ2n) is 3.17. The van der Waals surface area contributed by atoms with Crippen molar-refractivity contribution < 1.29 is 30.4 Å². The van der Waals surface area contributed by atoms with Crippen LogP contribution in [0.4, 0.5) is 0 Å². The Kier molecular flexibility index (Phi) is 26.4. The molecule has 0 aliphatic carbocycles. The molecule has 0 rings (SSSR count). The number of ether oxygens (including phenoxy) is 1. The van der Waals surface area contributed by atoms with Crippen molar-refractivity contribution in [3.63, 3.8) is 0 Å². The summed E-state index contributed by atoms with van der Waals surface area (Å²) in [6.45, 7) is 19.6. The number of rotatable bonds is 5. The van der Waals surface area contributed by atoms with Crippen molar-refractivity contribution in [3.8, 4) is 0 Å². The Bertz CT molecular complexity index is 188. The zero-order chi connectivity index (χ0) is 15.0. The van der Waals surface area contributed by atoms with Crippen LogP contribution in [0.15, 0.2) is 12.7 Å². The molecule has 108 valence electrons. The molecule has 0 fully saturated rings. The summed E-state index contributed by atoms with van der Waals surface area (Å²) in [5.41, 5.74) is 0. The predicted octanol–water partition coefficient (Wildman–Crippen LogP) is 4.59. The van der Waals surface area contributed by atoms with Crippen LogP contribution < -0.4 is 0 Å². The average molecular weight is 372 g/mol. The van der Waals surface area contributed by atoms with Crippen molar-refractivity contribution in [1.82, 2.24) is 0 Å². The van der Waals surface area contributed by atoms with Crippen LogP contribution in [0.2, 0.25) is 0 Å². The minimum atomic E-state index is -0.826. The molecule has 2 nitrogen and oxygen atoms in total. The van der Waals surface area contributed by atoms with Gasteiger partial charge in [0.2, 0.25) is 0 Å². The topological polar surface area (TPSA) is 26.3 Å². The molecule has 18 heavy (non-hydrogen) atoms. The molecule has 0 aromatic carbocycles. The Morgan fingerprint density at radius 1 is 1.39 bits per heavy atom. The first-order chi connectivity index (χ1) is 8.44. The van der Waals surface area contributed by atoms with Gasteiger partial charge in [0.1, 0.15) is 0 Å². The fraction of sp³-hybridized carbons (Fsp3) is 0.462. The van der Waals surface area contributed by atoms with Gasteiger partial charge in [0, 0.05) is 6.08 Å². The fourth-order valence-electron chi connectivity index (χ4n) is 0.562. The Labute approximate surface area is 131 Å². The van der Waals surface area contributed by atoms with Crippen LogP contribution >= 0.6 is 17.0 Å². The van der Waals surface area contributed by atoms with Crippen LogP contribution in [0.5, 0.6) is 0 Å². The Balaban J connectivity index is -0.000000266. The van der Waals surface area contributed by atoms with Crippen LogP contribution in [-0.4, -0.2) is 12.1 Å². The van der Waals surface area contributed by atoms with E-state index in [1.54, 1.807) is 6.92 Å². The number of carbonyl (C=O) groups is 1. The summed E-state index contributed by atoms with van der Waals surface area (Å²) in [7, 11) is 9.87. The normalized spacial score (nSPS) is 11.7. The molecule has 5 heteroatoms. The molecule has 0 aromatic heterocycles. The monoisotopic (exact) mass is 370 g/mol. The summed E-state index contributed by atoms with van der Waals surface area (Å²) in [4.78, 5) is 10.7. The summed E-state index contributed by atoms with van der Waals surface area (Å²) in [5, 5.41) is 0. The van der Waals surface area contributed by atoms with Crippen molar-refractivity contribution in [1.29, 1.82) is 0 Å². The third kappa shape index (κ3) is 21.9. The number of carbonyl (C=O) groups excluding carboxylic acids is 1. The van der Waals surface area contributed by atoms with E-state index in [0.717, 1.165) is 18.9 Å². The fourth-order valence-corrected chi connectivity index (χ4v) is 0.562. The summed E-state index contributed by atoms with van der Waals surface area (Å²) in [5.74, 6) is -0.349. The number of esters is 1. The third-order valence-corrected chi connectivity index (χ3v) is 1.75. The van der Waals surface area contributed by atoms with Crippen molar-refractivity contribution >= 4 is 23.0 Å². The van der Waals surface area contributed by atoms with Crippen LogP contribution in [0.25, 0.3) is 0 Å². The molecule has 0 radical (unpaired) electrons. The van der Waals surface area contributed by atoms with E-state index in [0.29, 0.717) is 6.42 Å². The van der Waals surface area contributed by atoms with Crippen LogP contribution in [0.3, 0.4) is 0 Å². The van der Waals surface area contributed by atoms with E-state index in [2.05, 4.69) is 34.3 Å². The first-order valence-corrected chi connectivity index (χ1v) is 11.8. The number of hydrogen-bond acceptors (Lipinski definition) is 2. The average Bonchev–Trinajstić information content (AvgIpc) is 2.38. The first kappa shape index (κ1) is 23.7. The number of hydrogen-bond donors (Lipinski definition) is 0. The van der Waals surface area contributed by atoms with E-state index in [1.807, 2.05) is 0 Å². The quantitative estimate of drug-likeness (QED) is 0.401. The summed E-state index contributed by atoms with van der Waals surface area (Å²) < 4.78 is 4.89. The van der Waals surface area contributed by atoms with Crippen molar-refractivity contribution in [2.45, 2.75) is 32.3 Å². The molecule has 0 saturated carbocycles. The SMILES string of the molecule is C=CC(=O)OC(C)C([CH2-])C[CH2-].[CH2-]CC[CH2-].[Cl][Zr][Cl]. The molecule has 2 atom stereocenters. The number of halogens is 2. The molecule has 0 N–H and O–H groups in total. The van der Waals surface area contributed by atoms with Crippen molar-refractivity contribution in [3.05, 3.63) is 40.3 Å². The van der Waals surface area contributed by atoms with Crippen LogP contribution in [0.1, 0.15) is 26.2 Å². The van der Waals surface area contributed by atoms with Gasteiger partial charge in [-0.3, -0.25) is 0 Å². The van der Waals surface area contributed by atoms with Gasteiger partial charge in [-0.1, -0.05) is 6.58 Å². The van der Waals surface area contributed by atoms with E-state index < -0.39 is 26.8 Å². The van der Waals surface area contributed by atoms with E-state index >= 15 is 0 Å². The van der Waals surface area contributed by atoms with E-state index in [4.69, 9.17) is 21.8 Å². The summed E-state index contributed by atoms with van der Waals surface area (Å²) >= 11 is -0.826. The molecule has 0 aliphatic rings. The Morgan fingerprint density at radius 2 is 1.78 bits per heavy atom. The van der Waals surface area contributed by atoms with Crippen molar-refractivity contribution in [2.24, 2.45) is 5.92 Å². The molecule has 0 aromatic rings. The van der Waals surface area contributed by atoms with Gasteiger partial charge in [-0.25, -0.2) is 24.1 Å². The summed E-state index contributed by atoms with van der Waals surface area (Å²) in [6.07, 6.45) is 3.54. The van der Waals surface area contributed by atoms with E-state index in [-0.39, 0.29) is 12.0 Å². The van der Waals surface area contributed by atoms with Gasteiger partial charge in [-0.2, -0.15) is 5.92 Å².